The van der Waals surface area contributed by atoms with Gasteiger partial charge < -0.3 is 41.7 Å². The zero-order valence-electron chi connectivity index (χ0n) is 53.5. The van der Waals surface area contributed by atoms with E-state index in [4.69, 9.17) is 41.7 Å². The van der Waals surface area contributed by atoms with Crippen molar-refractivity contribution in [2.24, 2.45) is 23.7 Å². The molecule has 0 aromatic carbocycles. The smallest absolute Gasteiger partial charge is 0.330 e. The summed E-state index contributed by atoms with van der Waals surface area (Å²) in [6.45, 7) is 62.2. The molecule has 0 aromatic rings. The highest BCUT2D eigenvalue weighted by Gasteiger charge is 2.56. The van der Waals surface area contributed by atoms with Gasteiger partial charge in [-0.3, -0.25) is 4.79 Å². The number of ether oxygens (including phenoxy) is 6. The number of carbonyl (C=O) groups excluding carboxylic acids is 2. The predicted octanol–water partition coefficient (Wildman–Crippen LogP) is 15.8. The van der Waals surface area contributed by atoms with Crippen LogP contribution in [0.3, 0.4) is 0 Å². The largest absolute Gasteiger partial charge is 0.456 e. The number of allylic oxidation sites excluding steroid dienone is 2. The van der Waals surface area contributed by atoms with Crippen molar-refractivity contribution in [3.05, 3.63) is 61.8 Å². The lowest BCUT2D eigenvalue weighted by atomic mass is 9.78. The third kappa shape index (κ3) is 17.2. The van der Waals surface area contributed by atoms with Crippen LogP contribution in [0.1, 0.15) is 174 Å². The molecule has 5 heterocycles. The molecule has 2 unspecified atom stereocenters. The Kier molecular flexibility index (Phi) is 23.6. The average Bonchev–Trinajstić information content (AvgIpc) is 3.82. The molecule has 5 saturated heterocycles. The van der Waals surface area contributed by atoms with Crippen LogP contribution in [0.2, 0.25) is 54.4 Å². The van der Waals surface area contributed by atoms with Crippen LogP contribution in [0.5, 0.6) is 0 Å². The molecule has 5 fully saturated rings. The molecule has 0 radical (unpaired) electrons. The minimum absolute atomic E-state index is 0.0145. The van der Waals surface area contributed by atoms with Gasteiger partial charge in [-0.05, 0) is 141 Å². The summed E-state index contributed by atoms with van der Waals surface area (Å²) in [6, 6.07) is 0. The third-order valence-corrected chi connectivity index (χ3v) is 33.6. The SMILES string of the molecule is C=CCC[C@@H]1O[C@@H]([C@H](/C=C/C(=O)CC[C@H]2CC(=C)[C@H](CCC3C[C@@H](C)C(=C)[C@@H](CC4O[C@H]5C[C@@H](C)[C@@H](CCC)O[C@H]5[C@H](C)[C@H]4OC(=O)C=C)O3)O2)O[Si](C)(C)C(C)(C)C)[C@@H](O[Si](C)(C)C(C)(C)C)[C@@H](O[Si](C)(C)C(C)(C)C)[C@H]1C. The first-order chi connectivity index (χ1) is 36.4. The molecule has 5 aliphatic heterocycles. The zero-order valence-corrected chi connectivity index (χ0v) is 56.5. The van der Waals surface area contributed by atoms with Gasteiger partial charge >= 0.3 is 5.97 Å². The van der Waals surface area contributed by atoms with Gasteiger partial charge in [-0.2, -0.15) is 0 Å². The number of rotatable bonds is 24. The fourth-order valence-electron chi connectivity index (χ4n) is 11.8. The van der Waals surface area contributed by atoms with Gasteiger partial charge in [-0.15, -0.1) is 6.58 Å². The summed E-state index contributed by atoms with van der Waals surface area (Å²) in [4.78, 5) is 26.9. The molecule has 452 valence electrons. The highest BCUT2D eigenvalue weighted by atomic mass is 28.4. The van der Waals surface area contributed by atoms with E-state index >= 15 is 0 Å². The lowest BCUT2D eigenvalue weighted by Crippen LogP contribution is -2.65. The van der Waals surface area contributed by atoms with Crippen molar-refractivity contribution in [2.45, 2.75) is 314 Å². The number of fused-ring (bicyclic) bond motifs is 1. The monoisotopic (exact) mass is 1150 g/mol. The summed E-state index contributed by atoms with van der Waals surface area (Å²) in [5.41, 5.74) is 2.11. The number of carbonyl (C=O) groups is 2. The lowest BCUT2D eigenvalue weighted by Gasteiger charge is -2.54. The first-order valence-corrected chi connectivity index (χ1v) is 39.5. The molecule has 79 heavy (non-hydrogen) atoms. The Morgan fingerprint density at radius 1 is 0.671 bits per heavy atom. The Labute approximate surface area is 484 Å². The van der Waals surface area contributed by atoms with Gasteiger partial charge in [0.2, 0.25) is 0 Å². The van der Waals surface area contributed by atoms with Crippen molar-refractivity contribution in [3.63, 3.8) is 0 Å². The highest BCUT2D eigenvalue weighted by Crippen LogP contribution is 2.48. The molecule has 5 aliphatic rings. The molecule has 5 rings (SSSR count). The standard InChI is InChI=1S/C65H114O11Si3/c1-25-28-30-52-45(8)60(75-78(21,22)64(13,14)15)62(76-79(23,24)65(16,17)18)61(72-52)53(74-77(19,20)63(10,11)12)35-32-47(66)31-33-48-38-42(5)51(68-48)36-34-49-37-41(4)44(7)54(69-49)40-56-59(73-57(67)27-3)46(9)58-55(70-56)39-43(6)50(71-58)29-26-2/h25,27,32,35,41,43,45-46,48-56,58-62H,1,3,5,7,26,28-31,33-34,36-40H2,2,4,6,8-24H3/b35-32+/t41-,43-,45+,46+,48+,49?,50-,51+,52+,53+,54-,55+,56?,58+,59-,60+,61+,62+/m1/s1. The van der Waals surface area contributed by atoms with E-state index in [0.717, 1.165) is 62.5 Å². The third-order valence-electron chi connectivity index (χ3n) is 20.2. The molecule has 0 N–H and O–H groups in total. The summed E-state index contributed by atoms with van der Waals surface area (Å²) in [5.74, 6) is 0.177. The first kappa shape index (κ1) is 68.0. The molecule has 0 saturated carbocycles. The maximum Gasteiger partial charge on any atom is 0.330 e. The Hall–Kier alpha value is -1.83. The summed E-state index contributed by atoms with van der Waals surface area (Å²) < 4.78 is 63.1. The van der Waals surface area contributed by atoms with Crippen LogP contribution in [-0.4, -0.2) is 122 Å². The second-order valence-electron chi connectivity index (χ2n) is 29.5. The van der Waals surface area contributed by atoms with Crippen molar-refractivity contribution < 1.29 is 51.3 Å². The van der Waals surface area contributed by atoms with E-state index in [2.05, 4.69) is 163 Å². The van der Waals surface area contributed by atoms with Crippen molar-refractivity contribution in [3.8, 4) is 0 Å². The topological polar surface area (TPSA) is 117 Å². The molecule has 0 amide bonds. The minimum Gasteiger partial charge on any atom is -0.456 e. The maximum atomic E-state index is 14.2. The first-order valence-electron chi connectivity index (χ1n) is 30.8. The second kappa shape index (κ2) is 27.5. The Morgan fingerprint density at radius 2 is 1.28 bits per heavy atom. The van der Waals surface area contributed by atoms with E-state index in [1.807, 2.05) is 12.2 Å². The van der Waals surface area contributed by atoms with E-state index in [-0.39, 0.29) is 99.7 Å². The van der Waals surface area contributed by atoms with E-state index < -0.39 is 55.3 Å². The molecule has 0 bridgehead atoms. The molecule has 0 aromatic heterocycles. The number of ketones is 1. The second-order valence-corrected chi connectivity index (χ2v) is 43.7. The van der Waals surface area contributed by atoms with Gasteiger partial charge in [0.1, 0.15) is 12.2 Å². The number of esters is 1. The normalized spacial score (nSPS) is 34.8. The van der Waals surface area contributed by atoms with Gasteiger partial charge in [0, 0.05) is 30.8 Å². The fraction of sp³-hybridized carbons (Fsp3) is 0.815. The molecule has 11 nitrogen and oxygen atoms in total. The molecule has 0 spiro atoms. The molecule has 18 atom stereocenters. The van der Waals surface area contributed by atoms with E-state index in [0.29, 0.717) is 31.6 Å². The minimum atomic E-state index is -2.44. The van der Waals surface area contributed by atoms with E-state index in [9.17, 15) is 9.59 Å². The van der Waals surface area contributed by atoms with Crippen LogP contribution in [0.25, 0.3) is 0 Å². The maximum absolute atomic E-state index is 14.2. The molecule has 0 aliphatic carbocycles. The Balaban J connectivity index is 1.29. The van der Waals surface area contributed by atoms with E-state index in [1.165, 1.54) is 6.08 Å². The van der Waals surface area contributed by atoms with Crippen LogP contribution in [0.15, 0.2) is 61.8 Å². The van der Waals surface area contributed by atoms with Crippen molar-refractivity contribution >= 4 is 36.7 Å². The van der Waals surface area contributed by atoms with Gasteiger partial charge in [-0.1, -0.05) is 135 Å². The Morgan fingerprint density at radius 3 is 1.86 bits per heavy atom. The highest BCUT2D eigenvalue weighted by molar-refractivity contribution is 6.75. The summed E-state index contributed by atoms with van der Waals surface area (Å²) in [5, 5.41) is -0.184. The van der Waals surface area contributed by atoms with Crippen LogP contribution in [-0.2, 0) is 51.3 Å². The van der Waals surface area contributed by atoms with Crippen LogP contribution in [0, 0.1) is 23.7 Å². The number of hydrogen-bond acceptors (Lipinski definition) is 11. The van der Waals surface area contributed by atoms with Crippen molar-refractivity contribution in [1.82, 2.24) is 0 Å². The molecular weight excluding hydrogens is 1040 g/mol. The summed E-state index contributed by atoms with van der Waals surface area (Å²) in [6.07, 6.45) is 12.8. The van der Waals surface area contributed by atoms with Gasteiger partial charge in [-0.25, -0.2) is 4.79 Å². The van der Waals surface area contributed by atoms with Crippen LogP contribution < -0.4 is 0 Å². The average molecular weight is 1160 g/mol. The van der Waals surface area contributed by atoms with Crippen molar-refractivity contribution in [1.29, 1.82) is 0 Å². The van der Waals surface area contributed by atoms with Crippen LogP contribution in [0.4, 0.5) is 0 Å². The van der Waals surface area contributed by atoms with Gasteiger partial charge in [0.25, 0.3) is 0 Å². The lowest BCUT2D eigenvalue weighted by molar-refractivity contribution is -0.263. The summed E-state index contributed by atoms with van der Waals surface area (Å²) >= 11 is 0. The zero-order chi connectivity index (χ0) is 59.4. The van der Waals surface area contributed by atoms with Crippen LogP contribution >= 0.6 is 0 Å². The molecule has 14 heteroatoms. The molecular formula is C65H114O11Si3. The van der Waals surface area contributed by atoms with Gasteiger partial charge in [0.15, 0.2) is 30.7 Å². The summed E-state index contributed by atoms with van der Waals surface area (Å²) in [7, 11) is -7.16. The van der Waals surface area contributed by atoms with Gasteiger partial charge in [0.05, 0.1) is 73.2 Å². The quantitative estimate of drug-likeness (QED) is 0.0398. The van der Waals surface area contributed by atoms with Crippen molar-refractivity contribution in [2.75, 3.05) is 0 Å². The number of hydrogen-bond donors (Lipinski definition) is 0. The fourth-order valence-corrected chi connectivity index (χ4v) is 15.7. The predicted molar refractivity (Wildman–Crippen MR) is 330 cm³/mol. The Bertz CT molecular complexity index is 2100. The van der Waals surface area contributed by atoms with E-state index in [1.54, 1.807) is 6.08 Å².